The van der Waals surface area contributed by atoms with Crippen molar-refractivity contribution in [2.75, 3.05) is 19.0 Å². The van der Waals surface area contributed by atoms with E-state index in [1.54, 1.807) is 26.0 Å². The van der Waals surface area contributed by atoms with Crippen LogP contribution in [0.25, 0.3) is 0 Å². The maximum Gasteiger partial charge on any atom is 1.00 e. The van der Waals surface area contributed by atoms with Crippen molar-refractivity contribution >= 4 is 22.1 Å². The molecule has 33 heavy (non-hydrogen) atoms. The smallest absolute Gasteiger partial charge is 0.748 e. The minimum absolute atomic E-state index is 0. The normalized spacial score (nSPS) is 13.6. The first-order valence-electron chi connectivity index (χ1n) is 10.6. The molecule has 176 valence electrons. The number of rotatable bonds is 15. The molecule has 3 unspecified atom stereocenters. The molecule has 0 amide bonds. The maximum absolute atomic E-state index is 12.3. The van der Waals surface area contributed by atoms with Gasteiger partial charge in [0.15, 0.2) is 0 Å². The van der Waals surface area contributed by atoms with Crippen molar-refractivity contribution in [2.45, 2.75) is 58.8 Å². The Balaban J connectivity index is 0. The fourth-order valence-corrected chi connectivity index (χ4v) is 3.97. The molecule has 1 aromatic rings. The van der Waals surface area contributed by atoms with Crippen LogP contribution in [0.3, 0.4) is 0 Å². The molecule has 0 bridgehead atoms. The number of ether oxygens (including phenoxy) is 2. The fourth-order valence-electron chi connectivity index (χ4n) is 3.41. The Bertz CT molecular complexity index is 799. The van der Waals surface area contributed by atoms with Gasteiger partial charge in [-0.05, 0) is 62.6 Å². The summed E-state index contributed by atoms with van der Waals surface area (Å²) in [7, 11) is -4.19. The van der Waals surface area contributed by atoms with Crippen molar-refractivity contribution in [3.8, 4) is 5.75 Å². The minimum atomic E-state index is -4.19. The van der Waals surface area contributed by atoms with Gasteiger partial charge >= 0.3 is 65.1 Å². The van der Waals surface area contributed by atoms with E-state index in [0.29, 0.717) is 38.0 Å². The summed E-state index contributed by atoms with van der Waals surface area (Å²) < 4.78 is 42.3. The zero-order chi connectivity index (χ0) is 23.4. The molecule has 0 aliphatic carbocycles. The molecule has 0 spiro atoms. The van der Waals surface area contributed by atoms with Crippen molar-refractivity contribution in [3.63, 3.8) is 0 Å². The van der Waals surface area contributed by atoms with Crippen molar-refractivity contribution in [1.82, 2.24) is 0 Å². The molecule has 0 aliphatic rings. The Kier molecular flexibility index (Phi) is 19.3. The molecule has 1 rings (SSSR count). The Morgan fingerprint density at radius 1 is 1.00 bits per heavy atom. The van der Waals surface area contributed by atoms with Crippen LogP contribution >= 0.6 is 0 Å². The van der Waals surface area contributed by atoms with Gasteiger partial charge in [0.05, 0.1) is 29.2 Å². The molecule has 0 saturated heterocycles. The van der Waals surface area contributed by atoms with Gasteiger partial charge in [0.25, 0.3) is 0 Å². The number of carbonyl (C=O) groups excluding carboxylic acids is 2. The van der Waals surface area contributed by atoms with Crippen molar-refractivity contribution in [3.05, 3.63) is 29.8 Å². The predicted octanol–water partition coefficient (Wildman–Crippen LogP) is -3.76. The van der Waals surface area contributed by atoms with Crippen molar-refractivity contribution < 1.29 is 96.3 Å². The molecule has 1 aromatic carbocycles. The number of esters is 1. The summed E-state index contributed by atoms with van der Waals surface area (Å²) in [5, 5.41) is 11.4. The zero-order valence-electron chi connectivity index (χ0n) is 20.4. The Labute approximate surface area is 241 Å². The van der Waals surface area contributed by atoms with Crippen molar-refractivity contribution in [1.29, 1.82) is 0 Å². The van der Waals surface area contributed by atoms with E-state index in [-0.39, 0.29) is 78.1 Å². The maximum atomic E-state index is 12.3. The SMILES string of the molecule is CCOC(=O)C(CCC(C)c1ccc(OCCCCS(=O)(=O)[O-])cc1)C(CC)C(=O)[O-].[Na+].[Na+]. The van der Waals surface area contributed by atoms with E-state index in [9.17, 15) is 27.7 Å². The molecule has 0 aliphatic heterocycles. The van der Waals surface area contributed by atoms with Crippen molar-refractivity contribution in [2.24, 2.45) is 11.8 Å². The number of carboxylic acid groups (broad SMARTS) is 1. The molecule has 0 aromatic heterocycles. The number of carbonyl (C=O) groups is 2. The molecule has 8 nitrogen and oxygen atoms in total. The molecule has 0 saturated carbocycles. The van der Waals surface area contributed by atoms with Gasteiger partial charge in [-0.1, -0.05) is 26.0 Å². The van der Waals surface area contributed by atoms with Crippen LogP contribution in [0.5, 0.6) is 5.75 Å². The number of hydrogen-bond acceptors (Lipinski definition) is 8. The van der Waals surface area contributed by atoms with Gasteiger partial charge < -0.3 is 23.9 Å². The molecule has 3 atom stereocenters. The molecular formula is C22H32Na2O8S. The second-order valence-corrected chi connectivity index (χ2v) is 9.08. The average molecular weight is 503 g/mol. The van der Waals surface area contributed by atoms with Gasteiger partial charge in [-0.15, -0.1) is 0 Å². The van der Waals surface area contributed by atoms with Crippen LogP contribution in [-0.2, 0) is 24.4 Å². The average Bonchev–Trinajstić information content (AvgIpc) is 2.70. The molecule has 0 heterocycles. The summed E-state index contributed by atoms with van der Waals surface area (Å²) in [5.74, 6) is -3.02. The third-order valence-corrected chi connectivity index (χ3v) is 6.02. The van der Waals surface area contributed by atoms with E-state index >= 15 is 0 Å². The largest absolute Gasteiger partial charge is 1.00 e. The number of aliphatic carboxylic acids is 1. The van der Waals surface area contributed by atoms with Crippen LogP contribution in [0.1, 0.15) is 64.4 Å². The summed E-state index contributed by atoms with van der Waals surface area (Å²) >= 11 is 0. The van der Waals surface area contributed by atoms with E-state index in [2.05, 4.69) is 0 Å². The fraction of sp³-hybridized carbons (Fsp3) is 0.636. The van der Waals surface area contributed by atoms with Gasteiger partial charge in [-0.25, -0.2) is 8.42 Å². The van der Waals surface area contributed by atoms with Gasteiger partial charge in [0.1, 0.15) is 5.75 Å². The number of hydrogen-bond donors (Lipinski definition) is 0. The Morgan fingerprint density at radius 2 is 1.61 bits per heavy atom. The summed E-state index contributed by atoms with van der Waals surface area (Å²) in [6.45, 7) is 5.92. The quantitative estimate of drug-likeness (QED) is 0.103. The molecule has 0 N–H and O–H groups in total. The standard InChI is InChI=1S/C22H34O8S.2Na/c1-4-19(21(23)24)20(22(25)29-5-2)13-8-16(3)17-9-11-18(12-10-17)30-14-6-7-15-31(26,27)28;;/h9-12,16,19-20H,4-8,13-15H2,1-3H3,(H,23,24)(H,26,27,28);;/q;2*+1/p-2. The second-order valence-electron chi connectivity index (χ2n) is 7.56. The van der Waals surface area contributed by atoms with Gasteiger partial charge in [-0.2, -0.15) is 0 Å². The zero-order valence-corrected chi connectivity index (χ0v) is 25.2. The first kappa shape index (κ1) is 35.0. The summed E-state index contributed by atoms with van der Waals surface area (Å²) in [5.41, 5.74) is 1.02. The van der Waals surface area contributed by atoms with E-state index in [4.69, 9.17) is 9.47 Å². The topological polar surface area (TPSA) is 133 Å². The van der Waals surface area contributed by atoms with Crippen LogP contribution in [0.2, 0.25) is 0 Å². The monoisotopic (exact) mass is 502 g/mol. The number of carboxylic acids is 1. The molecule has 11 heteroatoms. The minimum Gasteiger partial charge on any atom is -0.748 e. The molecule has 0 radical (unpaired) electrons. The first-order chi connectivity index (χ1) is 14.6. The van der Waals surface area contributed by atoms with E-state index in [1.165, 1.54) is 0 Å². The van der Waals surface area contributed by atoms with Crippen LogP contribution in [0, 0.1) is 11.8 Å². The summed E-state index contributed by atoms with van der Waals surface area (Å²) in [4.78, 5) is 23.7. The molecule has 0 fully saturated rings. The first-order valence-corrected chi connectivity index (χ1v) is 12.2. The number of benzene rings is 1. The molecular weight excluding hydrogens is 470 g/mol. The Morgan fingerprint density at radius 3 is 2.09 bits per heavy atom. The van der Waals surface area contributed by atoms with E-state index < -0.39 is 39.6 Å². The van der Waals surface area contributed by atoms with Crippen LogP contribution < -0.4 is 69.0 Å². The van der Waals surface area contributed by atoms with Crippen LogP contribution in [0.4, 0.5) is 0 Å². The Hall–Kier alpha value is -0.130. The summed E-state index contributed by atoms with van der Waals surface area (Å²) in [6.07, 6.45) is 2.01. The third kappa shape index (κ3) is 14.1. The van der Waals surface area contributed by atoms with E-state index in [0.717, 1.165) is 5.56 Å². The van der Waals surface area contributed by atoms with Gasteiger partial charge in [0.2, 0.25) is 0 Å². The van der Waals surface area contributed by atoms with E-state index in [1.807, 2.05) is 19.1 Å². The second kappa shape index (κ2) is 18.2. The van der Waals surface area contributed by atoms with Gasteiger partial charge in [0, 0.05) is 17.6 Å². The predicted molar refractivity (Wildman–Crippen MR) is 112 cm³/mol. The summed E-state index contributed by atoms with van der Waals surface area (Å²) in [6, 6.07) is 7.40. The number of unbranched alkanes of at least 4 members (excludes halogenated alkanes) is 1. The van der Waals surface area contributed by atoms with Crippen LogP contribution in [-0.4, -0.2) is 43.9 Å². The van der Waals surface area contributed by atoms with Crippen LogP contribution in [0.15, 0.2) is 24.3 Å². The van der Waals surface area contributed by atoms with Gasteiger partial charge in [-0.3, -0.25) is 4.79 Å². The third-order valence-electron chi connectivity index (χ3n) is 5.23.